The van der Waals surface area contributed by atoms with E-state index in [1.165, 1.54) is 34.3 Å². The summed E-state index contributed by atoms with van der Waals surface area (Å²) in [7, 11) is 0. The van der Waals surface area contributed by atoms with Crippen LogP contribution in [0.4, 0.5) is 20.2 Å². The number of nitrogens with zero attached hydrogens (tertiary/aromatic N) is 2. The summed E-state index contributed by atoms with van der Waals surface area (Å²) < 4.78 is 29.9. The van der Waals surface area contributed by atoms with E-state index in [1.807, 2.05) is 13.0 Å². The highest BCUT2D eigenvalue weighted by Gasteiger charge is 2.18. The van der Waals surface area contributed by atoms with Crippen molar-refractivity contribution in [3.63, 3.8) is 0 Å². The Hall–Kier alpha value is -2.42. The largest absolute Gasteiger partial charge is 0.350 e. The predicted octanol–water partition coefficient (Wildman–Crippen LogP) is 6.85. The SMILES string of the molecule is CCCC/C=C(/c1cc2c(Nc3c(F)cc4scnc4c3F)ccnc2s1)C(C)N. The molecule has 3 N–H and O–H groups in total. The fraction of sp³-hybridized carbons (Fsp3) is 0.273. The summed E-state index contributed by atoms with van der Waals surface area (Å²) in [6.07, 6.45) is 7.00. The number of nitrogens with two attached hydrogens (primary N) is 1. The molecule has 1 aromatic carbocycles. The lowest BCUT2D eigenvalue weighted by Crippen LogP contribution is -2.16. The topological polar surface area (TPSA) is 63.8 Å². The highest BCUT2D eigenvalue weighted by atomic mass is 32.1. The first kappa shape index (κ1) is 20.8. The van der Waals surface area contributed by atoms with E-state index in [-0.39, 0.29) is 17.2 Å². The third kappa shape index (κ3) is 3.95. The number of pyridine rings is 1. The van der Waals surface area contributed by atoms with Crippen LogP contribution in [-0.2, 0) is 0 Å². The van der Waals surface area contributed by atoms with Gasteiger partial charge in [-0.15, -0.1) is 22.7 Å². The van der Waals surface area contributed by atoms with E-state index in [1.54, 1.807) is 12.3 Å². The standard InChI is InChI=1S/C22H22F2N4S2/c1-3-4-5-6-13(12(2)25)17-9-14-16(7-8-26-22(14)30-17)28-20-15(23)10-18-21(19(20)24)27-11-29-18/h6-12H,3-5,25H2,1-2H3,(H,26,28)/b13-6+. The number of unbranched alkanes of at least 4 members (excludes halogenated alkanes) is 2. The van der Waals surface area contributed by atoms with Crippen molar-refractivity contribution < 1.29 is 8.78 Å². The summed E-state index contributed by atoms with van der Waals surface area (Å²) in [6.45, 7) is 4.12. The zero-order valence-corrected chi connectivity index (χ0v) is 18.3. The van der Waals surface area contributed by atoms with Crippen LogP contribution in [0.5, 0.6) is 0 Å². The number of thiophene rings is 1. The van der Waals surface area contributed by atoms with E-state index >= 15 is 0 Å². The zero-order chi connectivity index (χ0) is 21.3. The molecule has 8 heteroatoms. The van der Waals surface area contributed by atoms with Gasteiger partial charge in [-0.05, 0) is 37.1 Å². The maximum absolute atomic E-state index is 14.9. The van der Waals surface area contributed by atoms with Gasteiger partial charge in [0.15, 0.2) is 11.6 Å². The maximum Gasteiger partial charge on any atom is 0.176 e. The van der Waals surface area contributed by atoms with E-state index in [9.17, 15) is 8.78 Å². The van der Waals surface area contributed by atoms with Crippen LogP contribution < -0.4 is 11.1 Å². The number of rotatable bonds is 7. The van der Waals surface area contributed by atoms with Gasteiger partial charge in [-0.25, -0.2) is 18.7 Å². The highest BCUT2D eigenvalue weighted by Crippen LogP contribution is 2.37. The molecule has 0 aliphatic carbocycles. The fourth-order valence-electron chi connectivity index (χ4n) is 3.35. The van der Waals surface area contributed by atoms with Gasteiger partial charge in [0.25, 0.3) is 0 Å². The van der Waals surface area contributed by atoms with Crippen molar-refractivity contribution in [1.29, 1.82) is 0 Å². The van der Waals surface area contributed by atoms with Crippen LogP contribution in [0.25, 0.3) is 26.0 Å². The molecule has 1 unspecified atom stereocenters. The third-order valence-electron chi connectivity index (χ3n) is 4.91. The Kier molecular flexibility index (Phi) is 6.08. The maximum atomic E-state index is 14.9. The van der Waals surface area contributed by atoms with Crippen molar-refractivity contribution in [2.45, 2.75) is 39.2 Å². The van der Waals surface area contributed by atoms with Gasteiger partial charge in [-0.2, -0.15) is 0 Å². The van der Waals surface area contributed by atoms with Crippen LogP contribution in [0.1, 0.15) is 38.0 Å². The summed E-state index contributed by atoms with van der Waals surface area (Å²) in [4.78, 5) is 10.3. The number of hydrogen-bond donors (Lipinski definition) is 2. The first-order valence-corrected chi connectivity index (χ1v) is 11.5. The van der Waals surface area contributed by atoms with E-state index in [2.05, 4.69) is 28.3 Å². The molecule has 0 spiro atoms. The first-order valence-electron chi connectivity index (χ1n) is 9.82. The van der Waals surface area contributed by atoms with Crippen LogP contribution in [0, 0.1) is 11.6 Å². The van der Waals surface area contributed by atoms with Crippen LogP contribution >= 0.6 is 22.7 Å². The lowest BCUT2D eigenvalue weighted by Gasteiger charge is -2.10. The monoisotopic (exact) mass is 444 g/mol. The van der Waals surface area contributed by atoms with Crippen molar-refractivity contribution in [2.75, 3.05) is 5.32 Å². The summed E-state index contributed by atoms with van der Waals surface area (Å²) in [5.74, 6) is -1.34. The highest BCUT2D eigenvalue weighted by molar-refractivity contribution is 7.19. The number of halogens is 2. The van der Waals surface area contributed by atoms with Crippen molar-refractivity contribution in [2.24, 2.45) is 5.73 Å². The predicted molar refractivity (Wildman–Crippen MR) is 124 cm³/mol. The number of hydrogen-bond acceptors (Lipinski definition) is 6. The second-order valence-electron chi connectivity index (χ2n) is 7.15. The molecule has 0 saturated carbocycles. The van der Waals surface area contributed by atoms with E-state index in [0.29, 0.717) is 10.4 Å². The molecule has 0 radical (unpaired) electrons. The Labute approximate surface area is 181 Å². The Morgan fingerprint density at radius 3 is 2.90 bits per heavy atom. The fourth-order valence-corrected chi connectivity index (χ4v) is 5.21. The molecule has 4 nitrogen and oxygen atoms in total. The van der Waals surface area contributed by atoms with Crippen LogP contribution in [0.2, 0.25) is 0 Å². The summed E-state index contributed by atoms with van der Waals surface area (Å²) in [5, 5.41) is 3.73. The molecule has 0 fully saturated rings. The first-order chi connectivity index (χ1) is 14.5. The molecule has 0 bridgehead atoms. The molecule has 0 saturated heterocycles. The van der Waals surface area contributed by atoms with Gasteiger partial charge >= 0.3 is 0 Å². The second kappa shape index (κ2) is 8.75. The van der Waals surface area contributed by atoms with Gasteiger partial charge in [-0.3, -0.25) is 0 Å². The average Bonchev–Trinajstić information content (AvgIpc) is 3.35. The van der Waals surface area contributed by atoms with Gasteiger partial charge in [0, 0.05) is 22.5 Å². The smallest absolute Gasteiger partial charge is 0.176 e. The number of anilines is 2. The van der Waals surface area contributed by atoms with Gasteiger partial charge in [-0.1, -0.05) is 25.8 Å². The minimum atomic E-state index is -0.692. The molecule has 0 aliphatic rings. The molecule has 4 aromatic rings. The normalized spacial score (nSPS) is 13.3. The molecular formula is C22H22F2N4S2. The van der Waals surface area contributed by atoms with Crippen molar-refractivity contribution in [3.8, 4) is 0 Å². The minimum Gasteiger partial charge on any atom is -0.350 e. The molecule has 0 amide bonds. The van der Waals surface area contributed by atoms with Crippen LogP contribution in [0.15, 0.2) is 36.0 Å². The number of aromatic nitrogens is 2. The van der Waals surface area contributed by atoms with E-state index in [0.717, 1.165) is 39.9 Å². The molecule has 1 atom stereocenters. The van der Waals surface area contributed by atoms with E-state index in [4.69, 9.17) is 5.73 Å². The number of allylic oxidation sites excluding steroid dienone is 1. The zero-order valence-electron chi connectivity index (χ0n) is 16.7. The molecule has 3 heterocycles. The molecule has 4 rings (SSSR count). The van der Waals surface area contributed by atoms with Crippen molar-refractivity contribution >= 4 is 60.1 Å². The van der Waals surface area contributed by atoms with Crippen molar-refractivity contribution in [3.05, 3.63) is 52.5 Å². The molecule has 3 aromatic heterocycles. The lowest BCUT2D eigenvalue weighted by molar-refractivity contribution is 0.598. The molecule has 0 aliphatic heterocycles. The quantitative estimate of drug-likeness (QED) is 0.306. The molecular weight excluding hydrogens is 422 g/mol. The molecule has 30 heavy (non-hydrogen) atoms. The Balaban J connectivity index is 1.75. The average molecular weight is 445 g/mol. The number of fused-ring (bicyclic) bond motifs is 2. The Morgan fingerprint density at radius 2 is 2.13 bits per heavy atom. The Bertz CT molecular complexity index is 1230. The van der Waals surface area contributed by atoms with Gasteiger partial charge < -0.3 is 11.1 Å². The van der Waals surface area contributed by atoms with Crippen molar-refractivity contribution in [1.82, 2.24) is 9.97 Å². The van der Waals surface area contributed by atoms with Crippen LogP contribution in [0.3, 0.4) is 0 Å². The van der Waals surface area contributed by atoms with E-state index < -0.39 is 11.6 Å². The van der Waals surface area contributed by atoms with Gasteiger partial charge in [0.05, 0.1) is 15.9 Å². The van der Waals surface area contributed by atoms with Gasteiger partial charge in [0.1, 0.15) is 16.0 Å². The summed E-state index contributed by atoms with van der Waals surface area (Å²) in [6, 6.07) is 4.90. The van der Waals surface area contributed by atoms with Crippen LogP contribution in [-0.4, -0.2) is 16.0 Å². The second-order valence-corrected chi connectivity index (χ2v) is 9.07. The lowest BCUT2D eigenvalue weighted by atomic mass is 10.0. The Morgan fingerprint density at radius 1 is 1.30 bits per heavy atom. The summed E-state index contributed by atoms with van der Waals surface area (Å²) in [5.41, 5.74) is 9.34. The minimum absolute atomic E-state index is 0.117. The molecule has 156 valence electrons. The van der Waals surface area contributed by atoms with Gasteiger partial charge in [0.2, 0.25) is 0 Å². The number of thiazole rings is 1. The third-order valence-corrected chi connectivity index (χ3v) is 6.78. The summed E-state index contributed by atoms with van der Waals surface area (Å²) >= 11 is 2.74. The number of benzene rings is 1. The number of nitrogens with one attached hydrogen (secondary N) is 1.